The van der Waals surface area contributed by atoms with E-state index in [1.807, 2.05) is 38.1 Å². The molecule has 2 rings (SSSR count). The molecule has 1 fully saturated rings. The minimum atomic E-state index is -0.112. The van der Waals surface area contributed by atoms with Gasteiger partial charge in [0.15, 0.2) is 6.29 Å². The van der Waals surface area contributed by atoms with E-state index in [0.29, 0.717) is 5.92 Å². The molecular weight excluding hydrogens is 216 g/mol. The summed E-state index contributed by atoms with van der Waals surface area (Å²) in [5.74, 6) is 2.22. The van der Waals surface area contributed by atoms with E-state index >= 15 is 0 Å². The van der Waals surface area contributed by atoms with Crippen molar-refractivity contribution in [2.45, 2.75) is 39.6 Å². The van der Waals surface area contributed by atoms with Crippen LogP contribution in [0.25, 0.3) is 0 Å². The lowest BCUT2D eigenvalue weighted by Gasteiger charge is -2.15. The Labute approximate surface area is 103 Å². The third kappa shape index (κ3) is 3.63. The number of hydrogen-bond acceptors (Lipinski definition) is 3. The molecule has 1 aromatic rings. The van der Waals surface area contributed by atoms with Crippen molar-refractivity contribution in [3.05, 3.63) is 24.3 Å². The van der Waals surface area contributed by atoms with E-state index in [4.69, 9.17) is 14.2 Å². The predicted molar refractivity (Wildman–Crippen MR) is 66.4 cm³/mol. The van der Waals surface area contributed by atoms with Crippen molar-refractivity contribution in [3.63, 3.8) is 0 Å². The fourth-order valence-electron chi connectivity index (χ4n) is 1.86. The highest BCUT2D eigenvalue weighted by molar-refractivity contribution is 5.33. The van der Waals surface area contributed by atoms with E-state index in [1.165, 1.54) is 0 Å². The van der Waals surface area contributed by atoms with Crippen molar-refractivity contribution in [2.75, 3.05) is 6.61 Å². The average molecular weight is 236 g/mol. The largest absolute Gasteiger partial charge is 0.491 e. The van der Waals surface area contributed by atoms with Gasteiger partial charge in [-0.15, -0.1) is 0 Å². The summed E-state index contributed by atoms with van der Waals surface area (Å²) in [4.78, 5) is 0. The summed E-state index contributed by atoms with van der Waals surface area (Å²) in [6.07, 6.45) is 1.02. The summed E-state index contributed by atoms with van der Waals surface area (Å²) in [5.41, 5.74) is 0. The Hall–Kier alpha value is -1.22. The van der Waals surface area contributed by atoms with Crippen LogP contribution >= 0.6 is 0 Å². The van der Waals surface area contributed by atoms with Crippen LogP contribution < -0.4 is 9.47 Å². The first kappa shape index (κ1) is 12.2. The van der Waals surface area contributed by atoms with E-state index < -0.39 is 0 Å². The fraction of sp³-hybridized carbons (Fsp3) is 0.571. The van der Waals surface area contributed by atoms with Crippen molar-refractivity contribution in [2.24, 2.45) is 5.92 Å². The van der Waals surface area contributed by atoms with Crippen LogP contribution in [0.4, 0.5) is 0 Å². The highest BCUT2D eigenvalue weighted by Crippen LogP contribution is 2.25. The van der Waals surface area contributed by atoms with Gasteiger partial charge in [-0.2, -0.15) is 0 Å². The maximum absolute atomic E-state index is 5.77. The maximum Gasteiger partial charge on any atom is 0.200 e. The number of rotatable bonds is 4. The molecule has 0 bridgehead atoms. The summed E-state index contributed by atoms with van der Waals surface area (Å²) < 4.78 is 16.9. The molecule has 0 amide bonds. The van der Waals surface area contributed by atoms with Crippen LogP contribution in [0.5, 0.6) is 11.5 Å². The van der Waals surface area contributed by atoms with Gasteiger partial charge >= 0.3 is 0 Å². The van der Waals surface area contributed by atoms with Crippen molar-refractivity contribution in [1.82, 2.24) is 0 Å². The van der Waals surface area contributed by atoms with Crippen LogP contribution in [0, 0.1) is 5.92 Å². The molecule has 1 aromatic carbocycles. The molecule has 2 atom stereocenters. The van der Waals surface area contributed by atoms with Gasteiger partial charge < -0.3 is 14.2 Å². The minimum absolute atomic E-state index is 0.112. The first-order chi connectivity index (χ1) is 8.13. The monoisotopic (exact) mass is 236 g/mol. The third-order valence-electron chi connectivity index (χ3n) is 2.61. The molecule has 3 nitrogen and oxygen atoms in total. The van der Waals surface area contributed by atoms with E-state index in [1.54, 1.807) is 0 Å². The van der Waals surface area contributed by atoms with E-state index in [9.17, 15) is 0 Å². The molecule has 0 N–H and O–H groups in total. The molecule has 1 aliphatic heterocycles. The van der Waals surface area contributed by atoms with E-state index in [0.717, 1.165) is 24.5 Å². The Morgan fingerprint density at radius 3 is 2.71 bits per heavy atom. The summed E-state index contributed by atoms with van der Waals surface area (Å²) in [7, 11) is 0. The Balaban J connectivity index is 1.96. The fourth-order valence-corrected chi connectivity index (χ4v) is 1.86. The minimum Gasteiger partial charge on any atom is -0.491 e. The molecule has 1 saturated heterocycles. The first-order valence-electron chi connectivity index (χ1n) is 6.18. The SMILES string of the molecule is CC(C)Oc1cccc(OC2C[C@@H](C)CO2)c1. The van der Waals surface area contributed by atoms with Gasteiger partial charge in [-0.1, -0.05) is 13.0 Å². The molecule has 3 heteroatoms. The van der Waals surface area contributed by atoms with Gasteiger partial charge in [0.2, 0.25) is 0 Å². The quantitative estimate of drug-likeness (QED) is 0.803. The zero-order valence-electron chi connectivity index (χ0n) is 10.7. The molecule has 94 valence electrons. The molecule has 0 spiro atoms. The normalized spacial score (nSPS) is 24.0. The topological polar surface area (TPSA) is 27.7 Å². The molecule has 1 unspecified atom stereocenters. The standard InChI is InChI=1S/C14H20O3/c1-10(2)16-12-5-4-6-13(8-12)17-14-7-11(3)9-15-14/h4-6,8,10-11,14H,7,9H2,1-3H3/t11-,14?/m1/s1. The van der Waals surface area contributed by atoms with Gasteiger partial charge in [0, 0.05) is 12.5 Å². The second-order valence-electron chi connectivity index (χ2n) is 4.86. The molecule has 0 radical (unpaired) electrons. The predicted octanol–water partition coefficient (Wildman–Crippen LogP) is 3.24. The molecule has 0 saturated carbocycles. The Morgan fingerprint density at radius 2 is 2.06 bits per heavy atom. The Kier molecular flexibility index (Phi) is 3.89. The van der Waals surface area contributed by atoms with Crippen molar-refractivity contribution in [3.8, 4) is 11.5 Å². The first-order valence-corrected chi connectivity index (χ1v) is 6.18. The molecule has 1 heterocycles. The van der Waals surface area contributed by atoms with Gasteiger partial charge in [-0.25, -0.2) is 0 Å². The van der Waals surface area contributed by atoms with Gasteiger partial charge in [-0.05, 0) is 31.9 Å². The highest BCUT2D eigenvalue weighted by Gasteiger charge is 2.23. The smallest absolute Gasteiger partial charge is 0.200 e. The second-order valence-corrected chi connectivity index (χ2v) is 4.86. The summed E-state index contributed by atoms with van der Waals surface area (Å²) >= 11 is 0. The van der Waals surface area contributed by atoms with Crippen LogP contribution in [0.15, 0.2) is 24.3 Å². The molecular formula is C14H20O3. The Bertz CT molecular complexity index is 362. The third-order valence-corrected chi connectivity index (χ3v) is 2.61. The highest BCUT2D eigenvalue weighted by atomic mass is 16.7. The van der Waals surface area contributed by atoms with Crippen LogP contribution in [0.1, 0.15) is 27.2 Å². The summed E-state index contributed by atoms with van der Waals surface area (Å²) in [6.45, 7) is 6.97. The van der Waals surface area contributed by atoms with Crippen LogP contribution in [0.3, 0.4) is 0 Å². The number of benzene rings is 1. The van der Waals surface area contributed by atoms with Crippen molar-refractivity contribution in [1.29, 1.82) is 0 Å². The summed E-state index contributed by atoms with van der Waals surface area (Å²) in [6, 6.07) is 7.71. The average Bonchev–Trinajstić information content (AvgIpc) is 2.63. The van der Waals surface area contributed by atoms with Gasteiger partial charge in [0.05, 0.1) is 12.7 Å². The summed E-state index contributed by atoms with van der Waals surface area (Å²) in [5, 5.41) is 0. The zero-order chi connectivity index (χ0) is 12.3. The second kappa shape index (κ2) is 5.41. The van der Waals surface area contributed by atoms with Crippen LogP contribution in [-0.2, 0) is 4.74 Å². The lowest BCUT2D eigenvalue weighted by Crippen LogP contribution is -2.14. The van der Waals surface area contributed by atoms with Gasteiger partial charge in [0.1, 0.15) is 11.5 Å². The lowest BCUT2D eigenvalue weighted by atomic mass is 10.1. The number of ether oxygens (including phenoxy) is 3. The number of hydrogen-bond donors (Lipinski definition) is 0. The Morgan fingerprint density at radius 1 is 1.29 bits per heavy atom. The van der Waals surface area contributed by atoms with Crippen LogP contribution in [0.2, 0.25) is 0 Å². The molecule has 17 heavy (non-hydrogen) atoms. The lowest BCUT2D eigenvalue weighted by molar-refractivity contribution is -0.0394. The van der Waals surface area contributed by atoms with E-state index in [2.05, 4.69) is 6.92 Å². The van der Waals surface area contributed by atoms with Gasteiger partial charge in [-0.3, -0.25) is 0 Å². The van der Waals surface area contributed by atoms with Crippen molar-refractivity contribution < 1.29 is 14.2 Å². The molecule has 0 aromatic heterocycles. The van der Waals surface area contributed by atoms with Crippen molar-refractivity contribution >= 4 is 0 Å². The maximum atomic E-state index is 5.77. The van der Waals surface area contributed by atoms with Crippen LogP contribution in [-0.4, -0.2) is 19.0 Å². The van der Waals surface area contributed by atoms with E-state index in [-0.39, 0.29) is 12.4 Å². The zero-order valence-corrected chi connectivity index (χ0v) is 10.7. The molecule has 0 aliphatic carbocycles. The van der Waals surface area contributed by atoms with Gasteiger partial charge in [0.25, 0.3) is 0 Å². The molecule has 1 aliphatic rings.